The van der Waals surface area contributed by atoms with Crippen LogP contribution in [0, 0.1) is 6.92 Å². The maximum Gasteiger partial charge on any atom is 0.147 e. The molecule has 102 valence electrons. The van der Waals surface area contributed by atoms with Crippen LogP contribution in [0.1, 0.15) is 17.1 Å². The fourth-order valence-electron chi connectivity index (χ4n) is 1.82. The minimum Gasteiger partial charge on any atom is -0.494 e. The Morgan fingerprint density at radius 1 is 1.16 bits per heavy atom. The number of nitrogens with one attached hydrogen (secondary N) is 1. The maximum absolute atomic E-state index is 5.50. The smallest absolute Gasteiger partial charge is 0.147 e. The second kappa shape index (κ2) is 6.59. The summed E-state index contributed by atoms with van der Waals surface area (Å²) < 4.78 is 12.7. The Hall–Kier alpha value is -0.780. The molecule has 0 aliphatic rings. The fraction of sp³-hybridized carbons (Fsp3) is 0.286. The highest BCUT2D eigenvalue weighted by atomic mass is 79.9. The zero-order chi connectivity index (χ0) is 13.8. The van der Waals surface area contributed by atoms with E-state index in [0.717, 1.165) is 39.3 Å². The third kappa shape index (κ3) is 3.84. The van der Waals surface area contributed by atoms with E-state index in [0.29, 0.717) is 0 Å². The Morgan fingerprint density at radius 3 is 2.37 bits per heavy atom. The van der Waals surface area contributed by atoms with E-state index in [2.05, 4.69) is 37.2 Å². The summed E-state index contributed by atoms with van der Waals surface area (Å²) in [5, 5.41) is 3.35. The molecule has 5 heteroatoms. The lowest BCUT2D eigenvalue weighted by atomic mass is 10.2. The number of benzene rings is 1. The molecule has 1 aromatic carbocycles. The highest BCUT2D eigenvalue weighted by Gasteiger charge is 2.07. The number of furan rings is 1. The number of halogens is 2. The molecule has 19 heavy (non-hydrogen) atoms. The largest absolute Gasteiger partial charge is 0.494 e. The van der Waals surface area contributed by atoms with E-state index in [1.54, 1.807) is 7.11 Å². The molecule has 2 rings (SSSR count). The molecule has 0 amide bonds. The van der Waals surface area contributed by atoms with Crippen LogP contribution in [0.4, 0.5) is 0 Å². The minimum atomic E-state index is 0.717. The summed E-state index contributed by atoms with van der Waals surface area (Å²) in [4.78, 5) is 0. The van der Waals surface area contributed by atoms with Gasteiger partial charge in [-0.3, -0.25) is 0 Å². The highest BCUT2D eigenvalue weighted by Crippen LogP contribution is 2.34. The molecule has 3 nitrogen and oxygen atoms in total. The van der Waals surface area contributed by atoms with E-state index in [9.17, 15) is 0 Å². The van der Waals surface area contributed by atoms with Crippen LogP contribution >= 0.6 is 31.9 Å². The summed E-state index contributed by atoms with van der Waals surface area (Å²) in [7, 11) is 1.65. The van der Waals surface area contributed by atoms with Crippen molar-refractivity contribution in [2.24, 2.45) is 0 Å². The van der Waals surface area contributed by atoms with Gasteiger partial charge in [-0.15, -0.1) is 0 Å². The number of aryl methyl sites for hydroxylation is 1. The zero-order valence-electron chi connectivity index (χ0n) is 10.8. The molecule has 0 bridgehead atoms. The molecule has 0 aliphatic carbocycles. The summed E-state index contributed by atoms with van der Waals surface area (Å²) >= 11 is 6.99. The average Bonchev–Trinajstić information content (AvgIpc) is 2.75. The van der Waals surface area contributed by atoms with Crippen LogP contribution in [0.25, 0.3) is 0 Å². The lowest BCUT2D eigenvalue weighted by molar-refractivity contribution is 0.409. The molecule has 0 spiro atoms. The van der Waals surface area contributed by atoms with E-state index in [1.165, 1.54) is 5.56 Å². The summed E-state index contributed by atoms with van der Waals surface area (Å²) in [5.74, 6) is 2.70. The van der Waals surface area contributed by atoms with Crippen LogP contribution in [0.3, 0.4) is 0 Å². The van der Waals surface area contributed by atoms with Crippen molar-refractivity contribution in [3.63, 3.8) is 0 Å². The average molecular weight is 389 g/mol. The molecule has 0 aliphatic heterocycles. The van der Waals surface area contributed by atoms with Gasteiger partial charge in [-0.25, -0.2) is 0 Å². The molecule has 0 saturated heterocycles. The van der Waals surface area contributed by atoms with Gasteiger partial charge < -0.3 is 14.5 Å². The van der Waals surface area contributed by atoms with Crippen LogP contribution in [-0.4, -0.2) is 7.11 Å². The van der Waals surface area contributed by atoms with Crippen molar-refractivity contribution >= 4 is 31.9 Å². The third-order valence-corrected chi connectivity index (χ3v) is 3.86. The lowest BCUT2D eigenvalue weighted by Gasteiger charge is -2.09. The van der Waals surface area contributed by atoms with Gasteiger partial charge in [0.05, 0.1) is 22.6 Å². The number of hydrogen-bond donors (Lipinski definition) is 1. The monoisotopic (exact) mass is 387 g/mol. The SMILES string of the molecule is COc1c(Br)cc(CNCc2ccc(C)o2)cc1Br. The standard InChI is InChI=1S/C14H15Br2NO2/c1-9-3-4-11(19-9)8-17-7-10-5-12(15)14(18-2)13(16)6-10/h3-6,17H,7-8H2,1-2H3. The Morgan fingerprint density at radius 2 is 1.84 bits per heavy atom. The van der Waals surface area contributed by atoms with Gasteiger partial charge in [0.15, 0.2) is 0 Å². The molecule has 0 unspecified atom stereocenters. The number of rotatable bonds is 5. The second-order valence-electron chi connectivity index (χ2n) is 4.21. The first-order valence-corrected chi connectivity index (χ1v) is 7.46. The predicted molar refractivity (Wildman–Crippen MR) is 82.4 cm³/mol. The van der Waals surface area contributed by atoms with Crippen LogP contribution in [0.2, 0.25) is 0 Å². The molecule has 1 N–H and O–H groups in total. The van der Waals surface area contributed by atoms with E-state index < -0.39 is 0 Å². The van der Waals surface area contributed by atoms with Gasteiger partial charge >= 0.3 is 0 Å². The molecular formula is C14H15Br2NO2. The first-order chi connectivity index (χ1) is 9.10. The maximum atomic E-state index is 5.50. The number of methoxy groups -OCH3 is 1. The first-order valence-electron chi connectivity index (χ1n) is 5.88. The quantitative estimate of drug-likeness (QED) is 0.823. The van der Waals surface area contributed by atoms with Crippen LogP contribution in [0.15, 0.2) is 37.6 Å². The molecule has 0 fully saturated rings. The van der Waals surface area contributed by atoms with E-state index in [-0.39, 0.29) is 0 Å². The molecule has 0 atom stereocenters. The van der Waals surface area contributed by atoms with E-state index in [1.807, 2.05) is 31.2 Å². The van der Waals surface area contributed by atoms with Crippen LogP contribution in [-0.2, 0) is 13.1 Å². The Labute approximate surface area is 129 Å². The van der Waals surface area contributed by atoms with Crippen molar-refractivity contribution in [3.8, 4) is 5.75 Å². The zero-order valence-corrected chi connectivity index (χ0v) is 14.0. The van der Waals surface area contributed by atoms with Crippen molar-refractivity contribution in [1.29, 1.82) is 0 Å². The Kier molecular flexibility index (Phi) is 5.07. The Bertz CT molecular complexity index is 543. The molecule has 1 heterocycles. The van der Waals surface area contributed by atoms with Gasteiger partial charge in [-0.2, -0.15) is 0 Å². The van der Waals surface area contributed by atoms with Crippen molar-refractivity contribution < 1.29 is 9.15 Å². The lowest BCUT2D eigenvalue weighted by Crippen LogP contribution is -2.12. The normalized spacial score (nSPS) is 10.7. The van der Waals surface area contributed by atoms with Crippen LogP contribution in [0.5, 0.6) is 5.75 Å². The van der Waals surface area contributed by atoms with Gasteiger partial charge in [-0.05, 0) is 68.6 Å². The molecular weight excluding hydrogens is 374 g/mol. The van der Waals surface area contributed by atoms with Gasteiger partial charge in [0.2, 0.25) is 0 Å². The molecule has 1 aromatic heterocycles. The Balaban J connectivity index is 1.96. The fourth-order valence-corrected chi connectivity index (χ4v) is 3.42. The van der Waals surface area contributed by atoms with Gasteiger partial charge in [0.25, 0.3) is 0 Å². The molecule has 0 radical (unpaired) electrons. The summed E-state index contributed by atoms with van der Waals surface area (Å²) in [5.41, 5.74) is 1.17. The number of ether oxygens (including phenoxy) is 1. The van der Waals surface area contributed by atoms with Crippen molar-refractivity contribution in [1.82, 2.24) is 5.32 Å². The van der Waals surface area contributed by atoms with Crippen molar-refractivity contribution in [2.45, 2.75) is 20.0 Å². The summed E-state index contributed by atoms with van der Waals surface area (Å²) in [6.45, 7) is 3.43. The minimum absolute atomic E-state index is 0.717. The van der Waals surface area contributed by atoms with E-state index >= 15 is 0 Å². The van der Waals surface area contributed by atoms with Crippen LogP contribution < -0.4 is 10.1 Å². The predicted octanol–water partition coefficient (Wildman–Crippen LogP) is 4.41. The van der Waals surface area contributed by atoms with Gasteiger partial charge in [0, 0.05) is 6.54 Å². The summed E-state index contributed by atoms with van der Waals surface area (Å²) in [6.07, 6.45) is 0. The van der Waals surface area contributed by atoms with Crippen molar-refractivity contribution in [3.05, 3.63) is 50.3 Å². The third-order valence-electron chi connectivity index (χ3n) is 2.69. The molecule has 0 saturated carbocycles. The number of hydrogen-bond acceptors (Lipinski definition) is 3. The highest BCUT2D eigenvalue weighted by molar-refractivity contribution is 9.11. The van der Waals surface area contributed by atoms with E-state index in [4.69, 9.17) is 9.15 Å². The van der Waals surface area contributed by atoms with Gasteiger partial charge in [0.1, 0.15) is 17.3 Å². The van der Waals surface area contributed by atoms with Gasteiger partial charge in [-0.1, -0.05) is 0 Å². The first kappa shape index (κ1) is 14.6. The topological polar surface area (TPSA) is 34.4 Å². The second-order valence-corrected chi connectivity index (χ2v) is 5.92. The molecule has 2 aromatic rings. The van der Waals surface area contributed by atoms with Crippen molar-refractivity contribution in [2.75, 3.05) is 7.11 Å². The summed E-state index contributed by atoms with van der Waals surface area (Å²) in [6, 6.07) is 8.05.